The highest BCUT2D eigenvalue weighted by Crippen LogP contribution is 2.23. The average molecular weight is 286 g/mol. The summed E-state index contributed by atoms with van der Waals surface area (Å²) in [4.78, 5) is 12.5. The Labute approximate surface area is 122 Å². The van der Waals surface area contributed by atoms with Crippen LogP contribution in [0, 0.1) is 13.8 Å². The lowest BCUT2D eigenvalue weighted by atomic mass is 10.3. The van der Waals surface area contributed by atoms with Gasteiger partial charge in [0.25, 0.3) is 5.91 Å². The fraction of sp³-hybridized carbons (Fsp3) is 0.333. The quantitative estimate of drug-likeness (QED) is 0.805. The maximum atomic E-state index is 12.5. The summed E-state index contributed by atoms with van der Waals surface area (Å²) in [5.74, 6) is -0.161. The maximum Gasteiger partial charge on any atom is 0.272 e. The Hall–Kier alpha value is -2.50. The number of aromatic nitrogens is 3. The molecule has 0 aliphatic heterocycles. The minimum atomic E-state index is -0.161. The third-order valence-corrected chi connectivity index (χ3v) is 3.82. The molecule has 3 rings (SSSR count). The Kier molecular flexibility index (Phi) is 3.08. The first-order valence-corrected chi connectivity index (χ1v) is 6.91. The average Bonchev–Trinajstić information content (AvgIpc) is 3.10. The van der Waals surface area contributed by atoms with Gasteiger partial charge in [-0.1, -0.05) is 0 Å². The summed E-state index contributed by atoms with van der Waals surface area (Å²) in [6.07, 6.45) is 1.62. The lowest BCUT2D eigenvalue weighted by Gasteiger charge is -2.07. The molecule has 3 aromatic rings. The van der Waals surface area contributed by atoms with Crippen LogP contribution in [0.4, 0.5) is 5.69 Å². The number of nitrogens with zero attached hydrogens (tertiary/aromatic N) is 3. The van der Waals surface area contributed by atoms with Crippen LogP contribution in [0.15, 0.2) is 22.8 Å². The maximum absolute atomic E-state index is 12.5. The monoisotopic (exact) mass is 286 g/mol. The number of furan rings is 1. The summed E-state index contributed by atoms with van der Waals surface area (Å²) in [5, 5.41) is 7.36. The number of carbonyl (C=O) groups excluding carboxylic acids is 1. The van der Waals surface area contributed by atoms with Crippen molar-refractivity contribution in [2.45, 2.75) is 27.3 Å². The highest BCUT2D eigenvalue weighted by molar-refractivity contribution is 6.06. The minimum Gasteiger partial charge on any atom is -0.463 e. The van der Waals surface area contributed by atoms with E-state index < -0.39 is 0 Å². The number of hydrogen-bond donors (Lipinski definition) is 1. The number of amides is 1. The molecule has 0 fully saturated rings. The van der Waals surface area contributed by atoms with E-state index in [1.165, 1.54) is 0 Å². The summed E-state index contributed by atoms with van der Waals surface area (Å²) in [5.41, 5.74) is 4.73. The number of anilines is 1. The van der Waals surface area contributed by atoms with Crippen LogP contribution >= 0.6 is 0 Å². The molecule has 0 aromatic carbocycles. The molecular weight excluding hydrogens is 268 g/mol. The molecule has 1 N–H and O–H groups in total. The number of rotatable bonds is 3. The van der Waals surface area contributed by atoms with Crippen molar-refractivity contribution in [2.75, 3.05) is 5.32 Å². The Bertz CT molecular complexity index is 822. The fourth-order valence-corrected chi connectivity index (χ4v) is 2.63. The second kappa shape index (κ2) is 4.80. The van der Waals surface area contributed by atoms with Crippen LogP contribution < -0.4 is 5.32 Å². The molecule has 0 spiro atoms. The van der Waals surface area contributed by atoms with Crippen molar-refractivity contribution in [3.63, 3.8) is 0 Å². The van der Waals surface area contributed by atoms with Gasteiger partial charge in [-0.15, -0.1) is 0 Å². The Morgan fingerprint density at radius 2 is 2.19 bits per heavy atom. The Morgan fingerprint density at radius 3 is 2.81 bits per heavy atom. The molecule has 21 heavy (non-hydrogen) atoms. The van der Waals surface area contributed by atoms with Gasteiger partial charge in [-0.05, 0) is 20.8 Å². The van der Waals surface area contributed by atoms with Gasteiger partial charge in [-0.3, -0.25) is 9.48 Å². The van der Waals surface area contributed by atoms with Gasteiger partial charge in [-0.25, -0.2) is 0 Å². The molecule has 0 aliphatic carbocycles. The molecule has 3 aromatic heterocycles. The van der Waals surface area contributed by atoms with Gasteiger partial charge in [0.2, 0.25) is 0 Å². The molecule has 6 nitrogen and oxygen atoms in total. The molecule has 0 bridgehead atoms. The minimum absolute atomic E-state index is 0.161. The smallest absolute Gasteiger partial charge is 0.272 e. The fourth-order valence-electron chi connectivity index (χ4n) is 2.63. The molecule has 0 saturated heterocycles. The summed E-state index contributed by atoms with van der Waals surface area (Å²) >= 11 is 0. The van der Waals surface area contributed by atoms with Crippen molar-refractivity contribution in [1.29, 1.82) is 0 Å². The topological polar surface area (TPSA) is 65.0 Å². The van der Waals surface area contributed by atoms with Crippen molar-refractivity contribution in [2.24, 2.45) is 7.05 Å². The third-order valence-electron chi connectivity index (χ3n) is 3.82. The Balaban J connectivity index is 1.95. The number of aryl methyl sites for hydroxylation is 3. The molecule has 0 atom stereocenters. The van der Waals surface area contributed by atoms with Crippen LogP contribution in [-0.2, 0) is 13.6 Å². The lowest BCUT2D eigenvalue weighted by Crippen LogP contribution is -2.16. The number of carbonyl (C=O) groups is 1. The van der Waals surface area contributed by atoms with E-state index >= 15 is 0 Å². The molecule has 3 heterocycles. The van der Waals surface area contributed by atoms with Gasteiger partial charge in [0.1, 0.15) is 5.69 Å². The molecule has 1 amide bonds. The molecule has 0 unspecified atom stereocenters. The molecule has 0 radical (unpaired) electrons. The molecule has 0 saturated carbocycles. The van der Waals surface area contributed by atoms with E-state index in [1.54, 1.807) is 12.3 Å². The van der Waals surface area contributed by atoms with Gasteiger partial charge < -0.3 is 14.3 Å². The zero-order chi connectivity index (χ0) is 15.1. The Morgan fingerprint density at radius 1 is 1.43 bits per heavy atom. The van der Waals surface area contributed by atoms with Gasteiger partial charge in [0.05, 0.1) is 28.9 Å². The van der Waals surface area contributed by atoms with E-state index in [9.17, 15) is 4.79 Å². The highest BCUT2D eigenvalue weighted by atomic mass is 16.3. The standard InChI is InChI=1S/C15H18N4O2/c1-5-19-10(3)14(9(2)17-19)16-15(20)12-8-13-11(18(12)4)6-7-21-13/h6-8H,5H2,1-4H3,(H,16,20). The molecule has 0 aliphatic rings. The van der Waals surface area contributed by atoms with E-state index in [0.29, 0.717) is 11.3 Å². The van der Waals surface area contributed by atoms with Crippen molar-refractivity contribution < 1.29 is 9.21 Å². The summed E-state index contributed by atoms with van der Waals surface area (Å²) in [6.45, 7) is 6.65. The van der Waals surface area contributed by atoms with Crippen LogP contribution in [0.25, 0.3) is 11.1 Å². The normalized spacial score (nSPS) is 11.2. The number of nitrogens with one attached hydrogen (secondary N) is 1. The van der Waals surface area contributed by atoms with E-state index in [2.05, 4.69) is 10.4 Å². The van der Waals surface area contributed by atoms with Crippen molar-refractivity contribution in [1.82, 2.24) is 14.3 Å². The SMILES string of the molecule is CCn1nc(C)c(NC(=O)c2cc3occc3n2C)c1C. The molecular formula is C15H18N4O2. The van der Waals surface area contributed by atoms with Crippen LogP contribution in [0.2, 0.25) is 0 Å². The lowest BCUT2D eigenvalue weighted by molar-refractivity contribution is 0.101. The molecule has 110 valence electrons. The summed E-state index contributed by atoms with van der Waals surface area (Å²) in [6, 6.07) is 3.59. The first-order valence-electron chi connectivity index (χ1n) is 6.91. The van der Waals surface area contributed by atoms with Crippen molar-refractivity contribution in [3.05, 3.63) is 35.5 Å². The zero-order valence-electron chi connectivity index (χ0n) is 12.6. The second-order valence-electron chi connectivity index (χ2n) is 5.07. The van der Waals surface area contributed by atoms with Crippen LogP contribution in [-0.4, -0.2) is 20.3 Å². The van der Waals surface area contributed by atoms with E-state index in [4.69, 9.17) is 4.42 Å². The van der Waals surface area contributed by atoms with Crippen LogP contribution in [0.1, 0.15) is 28.8 Å². The first-order chi connectivity index (χ1) is 10.0. The first kappa shape index (κ1) is 13.5. The zero-order valence-corrected chi connectivity index (χ0v) is 12.6. The third kappa shape index (κ3) is 2.03. The number of hydrogen-bond acceptors (Lipinski definition) is 3. The predicted molar refractivity (Wildman–Crippen MR) is 80.5 cm³/mol. The van der Waals surface area contributed by atoms with Gasteiger partial charge in [-0.2, -0.15) is 5.10 Å². The van der Waals surface area contributed by atoms with Crippen LogP contribution in [0.5, 0.6) is 0 Å². The summed E-state index contributed by atoms with van der Waals surface area (Å²) < 4.78 is 9.03. The van der Waals surface area contributed by atoms with Crippen molar-refractivity contribution in [3.8, 4) is 0 Å². The predicted octanol–water partition coefficient (Wildman–Crippen LogP) is 2.86. The van der Waals surface area contributed by atoms with E-state index in [0.717, 1.165) is 29.1 Å². The summed E-state index contributed by atoms with van der Waals surface area (Å²) in [7, 11) is 1.85. The van der Waals surface area contributed by atoms with Gasteiger partial charge in [0.15, 0.2) is 5.58 Å². The van der Waals surface area contributed by atoms with E-state index in [1.807, 2.05) is 43.1 Å². The highest BCUT2D eigenvalue weighted by Gasteiger charge is 2.18. The second-order valence-corrected chi connectivity index (χ2v) is 5.07. The van der Waals surface area contributed by atoms with Crippen molar-refractivity contribution >= 4 is 22.7 Å². The largest absolute Gasteiger partial charge is 0.463 e. The number of fused-ring (bicyclic) bond motifs is 1. The van der Waals surface area contributed by atoms with Crippen LogP contribution in [0.3, 0.4) is 0 Å². The van der Waals surface area contributed by atoms with Gasteiger partial charge in [0, 0.05) is 25.7 Å². The molecule has 6 heteroatoms. The van der Waals surface area contributed by atoms with Gasteiger partial charge >= 0.3 is 0 Å². The van der Waals surface area contributed by atoms with E-state index in [-0.39, 0.29) is 5.91 Å².